The molecule has 484 valence electrons. The lowest BCUT2D eigenvalue weighted by molar-refractivity contribution is -0.438. The lowest BCUT2D eigenvalue weighted by Gasteiger charge is -2.31. The molecule has 0 saturated heterocycles. The molecule has 2 aliphatic rings. The number of hydrogen-bond acceptors (Lipinski definition) is 16. The fraction of sp³-hybridized carbons (Fsp3) is 0.422. The molecular weight excluding hydrogens is 1220 g/mol. The molecule has 6 aromatic rings. The molecule has 0 saturated carbocycles. The van der Waals surface area contributed by atoms with Crippen LogP contribution in [0.4, 0.5) is 11.4 Å². The lowest BCUT2D eigenvalue weighted by Crippen LogP contribution is -2.51. The van der Waals surface area contributed by atoms with Crippen molar-refractivity contribution in [2.45, 2.75) is 119 Å². The van der Waals surface area contributed by atoms with Gasteiger partial charge in [-0.05, 0) is 122 Å². The van der Waals surface area contributed by atoms with Crippen LogP contribution in [0.5, 0.6) is 5.75 Å². The van der Waals surface area contributed by atoms with Gasteiger partial charge >= 0.3 is 0 Å². The summed E-state index contributed by atoms with van der Waals surface area (Å²) >= 11 is 0. The number of anilines is 1. The molecule has 2 aliphatic heterocycles. The van der Waals surface area contributed by atoms with E-state index in [1.54, 1.807) is 43.7 Å². The lowest BCUT2D eigenvalue weighted by atomic mass is 9.79. The predicted molar refractivity (Wildman–Crippen MR) is 341 cm³/mol. The Kier molecular flexibility index (Phi) is 22.4. The summed E-state index contributed by atoms with van der Waals surface area (Å²) in [6.45, 7) is 17.2. The van der Waals surface area contributed by atoms with Gasteiger partial charge in [-0.2, -0.15) is 25.7 Å². The first-order valence-corrected chi connectivity index (χ1v) is 34.1. The zero-order valence-electron chi connectivity index (χ0n) is 52.0. The molecule has 0 radical (unpaired) electrons. The van der Waals surface area contributed by atoms with Crippen molar-refractivity contribution in [1.29, 1.82) is 0 Å². The number of aromatic nitrogens is 3. The maximum absolute atomic E-state index is 13.9. The summed E-state index contributed by atoms with van der Waals surface area (Å²) < 4.78 is 124. The Labute approximate surface area is 526 Å². The SMILES string of the molecule is CCN1C(=CC=CC=CC2=[N+](CCCCCC(=O)NCCOCCOCCOCCn3cc(CN([C@@H](C(=O)NO)C(C)C)S(=O)(=O)c4ccc(OC)cc4)nn3)c3ccc4ccc(S(=O)(=O)O)cc4c3C2(C)C)C(C)(C)c2c1ccc1c(S(=O)(=O)O)cccc21. The molecule has 5 N–H and O–H groups in total. The minimum absolute atomic E-state index is 0.0728. The average Bonchev–Trinajstić information content (AvgIpc) is 1.56. The Balaban J connectivity index is 0.783. The van der Waals surface area contributed by atoms with Crippen LogP contribution in [-0.2, 0) is 78.0 Å². The number of carbonyl (C=O) groups is 2. The second-order valence-electron chi connectivity index (χ2n) is 23.3. The van der Waals surface area contributed by atoms with Gasteiger partial charge in [0.05, 0.1) is 80.7 Å². The molecule has 0 bridgehead atoms. The first-order chi connectivity index (χ1) is 42.7. The highest BCUT2D eigenvalue weighted by Gasteiger charge is 2.46. The number of likely N-dealkylation sites (N-methyl/N-ethyl adjacent to an activating group) is 1. The molecule has 26 heteroatoms. The quantitative estimate of drug-likeness (QED) is 0.00661. The summed E-state index contributed by atoms with van der Waals surface area (Å²) in [7, 11) is -11.7. The number of methoxy groups -OCH3 is 1. The third-order valence-electron chi connectivity index (χ3n) is 16.2. The second kappa shape index (κ2) is 29.4. The molecule has 1 atom stereocenters. The van der Waals surface area contributed by atoms with E-state index in [1.165, 1.54) is 54.3 Å². The van der Waals surface area contributed by atoms with Crippen LogP contribution in [0.3, 0.4) is 0 Å². The van der Waals surface area contributed by atoms with E-state index in [9.17, 15) is 49.2 Å². The Morgan fingerprint density at radius 2 is 1.44 bits per heavy atom. The van der Waals surface area contributed by atoms with Gasteiger partial charge in [-0.1, -0.05) is 75.4 Å². The van der Waals surface area contributed by atoms with Crippen molar-refractivity contribution in [2.75, 3.05) is 71.3 Å². The van der Waals surface area contributed by atoms with Crippen LogP contribution >= 0.6 is 0 Å². The Morgan fingerprint density at radius 1 is 0.756 bits per heavy atom. The fourth-order valence-electron chi connectivity index (χ4n) is 12.0. The Bertz CT molecular complexity index is 4070. The van der Waals surface area contributed by atoms with Gasteiger partial charge in [0.1, 0.15) is 23.2 Å². The first kappa shape index (κ1) is 68.7. The van der Waals surface area contributed by atoms with Gasteiger partial charge in [-0.3, -0.25) is 23.9 Å². The van der Waals surface area contributed by atoms with Crippen LogP contribution in [0.15, 0.2) is 142 Å². The fourth-order valence-corrected chi connectivity index (χ4v) is 14.9. The summed E-state index contributed by atoms with van der Waals surface area (Å²) in [5, 5.41) is 23.4. The zero-order valence-corrected chi connectivity index (χ0v) is 54.4. The van der Waals surface area contributed by atoms with E-state index in [0.29, 0.717) is 76.6 Å². The number of amides is 2. The Hall–Kier alpha value is -7.24. The molecule has 0 fully saturated rings. The molecule has 23 nitrogen and oxygen atoms in total. The number of hydroxylamine groups is 1. The van der Waals surface area contributed by atoms with Gasteiger partial charge in [0, 0.05) is 72.0 Å². The average molecular weight is 1300 g/mol. The number of allylic oxidation sites excluding steroid dienone is 6. The van der Waals surface area contributed by atoms with E-state index < -0.39 is 59.0 Å². The zero-order chi connectivity index (χ0) is 65.2. The number of unbranched alkanes of at least 4 members (excludes halogenated alkanes) is 2. The van der Waals surface area contributed by atoms with Gasteiger partial charge in [0.25, 0.3) is 26.1 Å². The summed E-state index contributed by atoms with van der Waals surface area (Å²) in [5.41, 5.74) is 6.53. The smallest absolute Gasteiger partial charge is 0.295 e. The second-order valence-corrected chi connectivity index (χ2v) is 28.0. The van der Waals surface area contributed by atoms with Gasteiger partial charge in [0.15, 0.2) is 5.71 Å². The van der Waals surface area contributed by atoms with Crippen molar-refractivity contribution in [2.24, 2.45) is 5.92 Å². The monoisotopic (exact) mass is 1300 g/mol. The van der Waals surface area contributed by atoms with E-state index in [0.717, 1.165) is 67.2 Å². The van der Waals surface area contributed by atoms with E-state index in [-0.39, 0.29) is 46.0 Å². The molecular formula is C64H81N8O15S3+. The van der Waals surface area contributed by atoms with E-state index in [1.807, 2.05) is 42.5 Å². The van der Waals surface area contributed by atoms with Gasteiger partial charge < -0.3 is 29.2 Å². The van der Waals surface area contributed by atoms with Crippen molar-refractivity contribution >= 4 is 80.7 Å². The molecule has 8 rings (SSSR count). The summed E-state index contributed by atoms with van der Waals surface area (Å²) in [4.78, 5) is 27.4. The maximum atomic E-state index is 13.9. The third kappa shape index (κ3) is 15.6. The van der Waals surface area contributed by atoms with Crippen molar-refractivity contribution in [3.8, 4) is 5.75 Å². The van der Waals surface area contributed by atoms with Gasteiger partial charge in [-0.25, -0.2) is 18.6 Å². The molecule has 90 heavy (non-hydrogen) atoms. The summed E-state index contributed by atoms with van der Waals surface area (Å²) in [6, 6.07) is 21.7. The van der Waals surface area contributed by atoms with Crippen molar-refractivity contribution in [3.05, 3.63) is 144 Å². The highest BCUT2D eigenvalue weighted by atomic mass is 32.2. The van der Waals surface area contributed by atoms with Crippen molar-refractivity contribution < 1.29 is 72.7 Å². The number of hydrogen-bond donors (Lipinski definition) is 5. The number of sulfonamides is 1. The number of nitrogens with one attached hydrogen (secondary N) is 2. The predicted octanol–water partition coefficient (Wildman–Crippen LogP) is 8.42. The van der Waals surface area contributed by atoms with Crippen LogP contribution < -0.4 is 20.4 Å². The number of benzene rings is 5. The largest absolute Gasteiger partial charge is 0.497 e. The maximum Gasteiger partial charge on any atom is 0.295 e. The van der Waals surface area contributed by atoms with Crippen LogP contribution in [0.25, 0.3) is 21.5 Å². The van der Waals surface area contributed by atoms with Crippen LogP contribution in [0.1, 0.15) is 91.0 Å². The molecule has 3 heterocycles. The Morgan fingerprint density at radius 3 is 2.11 bits per heavy atom. The molecule has 0 unspecified atom stereocenters. The minimum atomic E-state index is -4.48. The normalized spacial score (nSPS) is 15.7. The number of nitrogens with zero attached hydrogens (tertiary/aromatic N) is 6. The first-order valence-electron chi connectivity index (χ1n) is 29.8. The molecule has 2 amide bonds. The van der Waals surface area contributed by atoms with Crippen LogP contribution in [0.2, 0.25) is 0 Å². The molecule has 1 aromatic heterocycles. The van der Waals surface area contributed by atoms with E-state index >= 15 is 0 Å². The number of carbonyl (C=O) groups excluding carboxylic acids is 2. The molecule has 0 aliphatic carbocycles. The highest BCUT2D eigenvalue weighted by molar-refractivity contribution is 7.89. The van der Waals surface area contributed by atoms with E-state index in [2.05, 4.69) is 71.9 Å². The van der Waals surface area contributed by atoms with Crippen LogP contribution in [0, 0.1) is 5.92 Å². The van der Waals surface area contributed by atoms with Crippen LogP contribution in [-0.4, -0.2) is 153 Å². The number of fused-ring (bicyclic) bond motifs is 6. The highest BCUT2D eigenvalue weighted by Crippen LogP contribution is 2.51. The summed E-state index contributed by atoms with van der Waals surface area (Å²) in [6.07, 6.45) is 14.1. The van der Waals surface area contributed by atoms with Crippen molar-refractivity contribution in [1.82, 2.24) is 30.1 Å². The topological polar surface area (TPSA) is 298 Å². The molecule has 5 aromatic carbocycles. The number of rotatable bonds is 32. The molecule has 0 spiro atoms. The van der Waals surface area contributed by atoms with Gasteiger partial charge in [-0.15, -0.1) is 5.10 Å². The van der Waals surface area contributed by atoms with E-state index in [4.69, 9.17) is 18.9 Å². The number of ether oxygens (including phenoxy) is 4. The standard InChI is InChI=1S/C64H80N8O15S3/c1-9-70-53-31-29-50-51(17-16-18-55(50)90(81,82)83)59(53)63(4,5)56(70)19-12-10-13-20-57-64(6,7)60-52-41-49(89(78,79)80)26-22-45(52)23-30-54(60)71(57)33-15-11-14-21-58(73)65-32-35-85-37-39-87-40-38-86-36-34-69-42-46(66-68-69)43-72(61(44(2)3)62(74)67-75)88(76,77)48-27-24-47(84-8)25-28-48/h10,12-13,16-20,22-31,41-42,44,61H,9,11,14-15,21,32-40,43H2,1-8H3,(H4-,65,66,67,68,73,74,75,78,79,80,81,82,83)/p+1/t61-/m1/s1. The third-order valence-corrected chi connectivity index (χ3v) is 19.8. The summed E-state index contributed by atoms with van der Waals surface area (Å²) in [5.74, 6) is -1.04. The van der Waals surface area contributed by atoms with Crippen molar-refractivity contribution in [3.63, 3.8) is 0 Å². The van der Waals surface area contributed by atoms with Gasteiger partial charge in [0.2, 0.25) is 21.6 Å². The minimum Gasteiger partial charge on any atom is -0.497 e.